The molecule has 0 atom stereocenters. The minimum absolute atomic E-state index is 0.0517. The number of halogens is 1. The van der Waals surface area contributed by atoms with Crippen LogP contribution in [0.1, 0.15) is 11.3 Å². The second kappa shape index (κ2) is 6.62. The topological polar surface area (TPSA) is 62.6 Å². The zero-order chi connectivity index (χ0) is 15.5. The van der Waals surface area contributed by atoms with E-state index in [0.717, 1.165) is 5.56 Å². The van der Waals surface area contributed by atoms with Crippen molar-refractivity contribution in [2.45, 2.75) is 18.2 Å². The highest BCUT2D eigenvalue weighted by Gasteiger charge is 2.24. The summed E-state index contributed by atoms with van der Waals surface area (Å²) in [5.41, 5.74) is 0.854. The smallest absolute Gasteiger partial charge is 0.276 e. The first kappa shape index (κ1) is 16.0. The SMILES string of the molecule is CNCc1ccc(S(=O)(=O)N(C)Cc2ccc(Cl)cc2)o1. The normalized spacial score (nSPS) is 12.0. The van der Waals surface area contributed by atoms with Gasteiger partial charge in [-0.05, 0) is 36.9 Å². The molecule has 0 aliphatic carbocycles. The Balaban J connectivity index is 2.15. The van der Waals surface area contributed by atoms with E-state index in [2.05, 4.69) is 5.32 Å². The molecule has 0 bridgehead atoms. The van der Waals surface area contributed by atoms with E-state index in [1.165, 1.54) is 17.4 Å². The van der Waals surface area contributed by atoms with Gasteiger partial charge < -0.3 is 9.73 Å². The predicted octanol–water partition coefficient (Wildman–Crippen LogP) is 2.47. The summed E-state index contributed by atoms with van der Waals surface area (Å²) >= 11 is 5.81. The maximum absolute atomic E-state index is 12.4. The number of sulfonamides is 1. The summed E-state index contributed by atoms with van der Waals surface area (Å²) < 4.78 is 31.4. The van der Waals surface area contributed by atoms with Crippen LogP contribution in [0.15, 0.2) is 45.9 Å². The van der Waals surface area contributed by atoms with Crippen molar-refractivity contribution in [2.75, 3.05) is 14.1 Å². The standard InChI is InChI=1S/C14H17ClN2O3S/c1-16-9-13-7-8-14(20-13)21(18,19)17(2)10-11-3-5-12(15)6-4-11/h3-8,16H,9-10H2,1-2H3. The van der Waals surface area contributed by atoms with Crippen LogP contribution in [0.5, 0.6) is 0 Å². The zero-order valence-electron chi connectivity index (χ0n) is 11.8. The van der Waals surface area contributed by atoms with Crippen molar-refractivity contribution in [2.24, 2.45) is 0 Å². The maximum atomic E-state index is 12.4. The molecule has 0 aliphatic heterocycles. The molecular weight excluding hydrogens is 312 g/mol. The average molecular weight is 329 g/mol. The van der Waals surface area contributed by atoms with Crippen molar-refractivity contribution in [1.82, 2.24) is 9.62 Å². The van der Waals surface area contributed by atoms with Gasteiger partial charge in [0.05, 0.1) is 6.54 Å². The first-order chi connectivity index (χ1) is 9.93. The molecule has 114 valence electrons. The largest absolute Gasteiger partial charge is 0.447 e. The molecule has 21 heavy (non-hydrogen) atoms. The van der Waals surface area contributed by atoms with Gasteiger partial charge in [0.2, 0.25) is 5.09 Å². The molecule has 1 aromatic heterocycles. The fourth-order valence-electron chi connectivity index (χ4n) is 1.85. The third-order valence-electron chi connectivity index (χ3n) is 2.97. The Kier molecular flexibility index (Phi) is 5.05. The molecule has 1 aromatic carbocycles. The fourth-order valence-corrected chi connectivity index (χ4v) is 3.06. The Bertz CT molecular complexity index is 695. The predicted molar refractivity (Wildman–Crippen MR) is 81.6 cm³/mol. The van der Waals surface area contributed by atoms with E-state index in [9.17, 15) is 8.42 Å². The fraction of sp³-hybridized carbons (Fsp3) is 0.286. The molecule has 0 spiro atoms. The number of nitrogens with zero attached hydrogens (tertiary/aromatic N) is 1. The third-order valence-corrected chi connectivity index (χ3v) is 4.90. The van der Waals surface area contributed by atoms with Crippen LogP contribution in [0.2, 0.25) is 5.02 Å². The molecule has 0 fully saturated rings. The van der Waals surface area contributed by atoms with Gasteiger partial charge in [-0.25, -0.2) is 8.42 Å². The molecule has 2 rings (SSSR count). The highest BCUT2D eigenvalue weighted by atomic mass is 35.5. The van der Waals surface area contributed by atoms with Crippen LogP contribution in [-0.4, -0.2) is 26.8 Å². The number of benzene rings is 1. The summed E-state index contributed by atoms with van der Waals surface area (Å²) in [6.45, 7) is 0.734. The lowest BCUT2D eigenvalue weighted by molar-refractivity contribution is 0.382. The molecular formula is C14H17ClN2O3S. The minimum atomic E-state index is -3.64. The summed E-state index contributed by atoms with van der Waals surface area (Å²) in [4.78, 5) is 0. The van der Waals surface area contributed by atoms with E-state index in [-0.39, 0.29) is 11.6 Å². The van der Waals surface area contributed by atoms with Gasteiger partial charge in [0.25, 0.3) is 10.0 Å². The Hall–Kier alpha value is -1.34. The Labute approximate surface area is 129 Å². The van der Waals surface area contributed by atoms with Crippen LogP contribution in [-0.2, 0) is 23.1 Å². The molecule has 0 saturated heterocycles. The highest BCUT2D eigenvalue weighted by molar-refractivity contribution is 7.88. The molecule has 2 aromatic rings. The van der Waals surface area contributed by atoms with Crippen LogP contribution in [0.3, 0.4) is 0 Å². The molecule has 7 heteroatoms. The monoisotopic (exact) mass is 328 g/mol. The Morgan fingerprint density at radius 1 is 1.19 bits per heavy atom. The molecule has 0 saturated carbocycles. The van der Waals surface area contributed by atoms with Gasteiger partial charge in [0, 0.05) is 18.6 Å². The molecule has 1 N–H and O–H groups in total. The maximum Gasteiger partial charge on any atom is 0.276 e. The van der Waals surface area contributed by atoms with E-state index in [0.29, 0.717) is 17.3 Å². The van der Waals surface area contributed by atoms with Gasteiger partial charge >= 0.3 is 0 Å². The summed E-state index contributed by atoms with van der Waals surface area (Å²) in [7, 11) is -0.354. The number of hydrogen-bond donors (Lipinski definition) is 1. The molecule has 1 heterocycles. The summed E-state index contributed by atoms with van der Waals surface area (Å²) in [6, 6.07) is 10.2. The quantitative estimate of drug-likeness (QED) is 0.885. The lowest BCUT2D eigenvalue weighted by Crippen LogP contribution is -2.26. The van der Waals surface area contributed by atoms with Gasteiger partial charge in [0.15, 0.2) is 0 Å². The lowest BCUT2D eigenvalue weighted by Gasteiger charge is -2.15. The number of hydrogen-bond acceptors (Lipinski definition) is 4. The second-order valence-corrected chi connectivity index (χ2v) is 7.05. The van der Waals surface area contributed by atoms with Crippen molar-refractivity contribution in [3.8, 4) is 0 Å². The van der Waals surface area contributed by atoms with Crippen LogP contribution in [0, 0.1) is 0 Å². The third kappa shape index (κ3) is 3.85. The lowest BCUT2D eigenvalue weighted by atomic mass is 10.2. The van der Waals surface area contributed by atoms with E-state index in [1.54, 1.807) is 37.4 Å². The van der Waals surface area contributed by atoms with Crippen molar-refractivity contribution >= 4 is 21.6 Å². The van der Waals surface area contributed by atoms with E-state index >= 15 is 0 Å². The van der Waals surface area contributed by atoms with Crippen molar-refractivity contribution in [3.63, 3.8) is 0 Å². The van der Waals surface area contributed by atoms with Crippen LogP contribution in [0.4, 0.5) is 0 Å². The van der Waals surface area contributed by atoms with Crippen LogP contribution in [0.25, 0.3) is 0 Å². The Morgan fingerprint density at radius 3 is 2.48 bits per heavy atom. The second-order valence-electron chi connectivity index (χ2n) is 4.64. The van der Waals surface area contributed by atoms with Gasteiger partial charge in [-0.1, -0.05) is 23.7 Å². The van der Waals surface area contributed by atoms with Gasteiger partial charge in [-0.2, -0.15) is 4.31 Å². The molecule has 5 nitrogen and oxygen atoms in total. The van der Waals surface area contributed by atoms with Gasteiger partial charge in [-0.15, -0.1) is 0 Å². The van der Waals surface area contributed by atoms with Crippen molar-refractivity contribution < 1.29 is 12.8 Å². The molecule has 0 unspecified atom stereocenters. The summed E-state index contributed by atoms with van der Waals surface area (Å²) in [5, 5.41) is 3.47. The zero-order valence-corrected chi connectivity index (χ0v) is 13.4. The van der Waals surface area contributed by atoms with Crippen molar-refractivity contribution in [1.29, 1.82) is 0 Å². The van der Waals surface area contributed by atoms with Crippen LogP contribution < -0.4 is 5.32 Å². The average Bonchev–Trinajstić information content (AvgIpc) is 2.91. The number of furan rings is 1. The summed E-state index contributed by atoms with van der Waals surface area (Å²) in [5.74, 6) is 0.580. The molecule has 0 radical (unpaired) electrons. The Morgan fingerprint density at radius 2 is 1.86 bits per heavy atom. The van der Waals surface area contributed by atoms with Gasteiger partial charge in [-0.3, -0.25) is 0 Å². The van der Waals surface area contributed by atoms with E-state index < -0.39 is 10.0 Å². The number of nitrogens with one attached hydrogen (secondary N) is 1. The minimum Gasteiger partial charge on any atom is -0.447 e. The first-order valence-electron chi connectivity index (χ1n) is 6.37. The van der Waals surface area contributed by atoms with E-state index in [4.69, 9.17) is 16.0 Å². The van der Waals surface area contributed by atoms with E-state index in [1.807, 2.05) is 0 Å². The molecule has 0 amide bonds. The van der Waals surface area contributed by atoms with Crippen molar-refractivity contribution in [3.05, 3.63) is 52.7 Å². The summed E-state index contributed by atoms with van der Waals surface area (Å²) in [6.07, 6.45) is 0. The number of rotatable bonds is 6. The highest BCUT2D eigenvalue weighted by Crippen LogP contribution is 2.20. The van der Waals surface area contributed by atoms with Gasteiger partial charge in [0.1, 0.15) is 5.76 Å². The molecule has 0 aliphatic rings. The van der Waals surface area contributed by atoms with Crippen LogP contribution >= 0.6 is 11.6 Å². The first-order valence-corrected chi connectivity index (χ1v) is 8.19.